The fraction of sp³-hybridized carbons (Fsp3) is 0.733. The smallest absolute Gasteiger partial charge is 0.231 e. The van der Waals surface area contributed by atoms with E-state index in [1.54, 1.807) is 4.90 Å². The highest BCUT2D eigenvalue weighted by Gasteiger charge is 2.34. The van der Waals surface area contributed by atoms with Crippen molar-refractivity contribution in [2.75, 3.05) is 31.6 Å². The number of carbonyl (C=O) groups excluding carboxylic acids is 2. The number of ether oxygens (including phenoxy) is 1. The summed E-state index contributed by atoms with van der Waals surface area (Å²) in [7, 11) is 0. The summed E-state index contributed by atoms with van der Waals surface area (Å²) in [5, 5.41) is 12.1. The van der Waals surface area contributed by atoms with Gasteiger partial charge in [-0.15, -0.1) is 10.2 Å². The lowest BCUT2D eigenvalue weighted by Crippen LogP contribution is -2.29. The summed E-state index contributed by atoms with van der Waals surface area (Å²) in [5.74, 6) is -0.381. The van der Waals surface area contributed by atoms with Gasteiger partial charge in [0.2, 0.25) is 16.9 Å². The van der Waals surface area contributed by atoms with Gasteiger partial charge in [-0.25, -0.2) is 0 Å². The fourth-order valence-electron chi connectivity index (χ4n) is 2.43. The van der Waals surface area contributed by atoms with Gasteiger partial charge in [-0.05, 0) is 13.3 Å². The predicted octanol–water partition coefficient (Wildman–Crippen LogP) is 1.70. The molecule has 1 aliphatic heterocycles. The van der Waals surface area contributed by atoms with Gasteiger partial charge in [-0.3, -0.25) is 9.59 Å². The van der Waals surface area contributed by atoms with E-state index in [0.717, 1.165) is 24.4 Å². The Labute approximate surface area is 140 Å². The fourth-order valence-corrected chi connectivity index (χ4v) is 3.15. The molecule has 0 spiro atoms. The standard InChI is InChI=1S/C15H24N4O3S/c1-3-5-7-19-10-11(9-13(19)20)14(21)16-15-18-17-12(23-15)6-8-22-4-2/h11H,3-10H2,1-2H3,(H,16,18,21)/t11-/m0/s1. The van der Waals surface area contributed by atoms with Crippen LogP contribution in [-0.4, -0.2) is 53.2 Å². The van der Waals surface area contributed by atoms with Crippen LogP contribution in [0, 0.1) is 5.92 Å². The van der Waals surface area contributed by atoms with Crippen molar-refractivity contribution in [3.8, 4) is 0 Å². The molecule has 1 saturated heterocycles. The predicted molar refractivity (Wildman–Crippen MR) is 88.3 cm³/mol. The topological polar surface area (TPSA) is 84.4 Å². The van der Waals surface area contributed by atoms with E-state index in [1.807, 2.05) is 6.92 Å². The lowest BCUT2D eigenvalue weighted by atomic mass is 10.1. The summed E-state index contributed by atoms with van der Waals surface area (Å²) in [6.07, 6.45) is 2.98. The lowest BCUT2D eigenvalue weighted by molar-refractivity contribution is -0.128. The van der Waals surface area contributed by atoms with Gasteiger partial charge in [0.05, 0.1) is 12.5 Å². The molecule has 2 heterocycles. The van der Waals surface area contributed by atoms with E-state index in [0.29, 0.717) is 31.3 Å². The quantitative estimate of drug-likeness (QED) is 0.692. The molecule has 1 atom stereocenters. The first-order valence-corrected chi connectivity index (χ1v) is 8.94. The van der Waals surface area contributed by atoms with Crippen LogP contribution >= 0.6 is 11.3 Å². The minimum Gasteiger partial charge on any atom is -0.381 e. The molecule has 0 aliphatic carbocycles. The summed E-state index contributed by atoms with van der Waals surface area (Å²) in [5.41, 5.74) is 0. The van der Waals surface area contributed by atoms with E-state index in [-0.39, 0.29) is 24.2 Å². The molecule has 8 heteroatoms. The number of carbonyl (C=O) groups is 2. The van der Waals surface area contributed by atoms with Crippen LogP contribution in [0.2, 0.25) is 0 Å². The zero-order valence-electron chi connectivity index (χ0n) is 13.7. The van der Waals surface area contributed by atoms with Crippen LogP contribution in [0.25, 0.3) is 0 Å². The third kappa shape index (κ3) is 5.24. The van der Waals surface area contributed by atoms with Crippen LogP contribution in [-0.2, 0) is 20.7 Å². The minimum absolute atomic E-state index is 0.0632. The molecule has 0 radical (unpaired) electrons. The Morgan fingerprint density at radius 3 is 3.00 bits per heavy atom. The molecular formula is C15H24N4O3S. The normalized spacial score (nSPS) is 17.7. The summed E-state index contributed by atoms with van der Waals surface area (Å²) >= 11 is 1.35. The first-order chi connectivity index (χ1) is 11.1. The van der Waals surface area contributed by atoms with Crippen LogP contribution in [0.15, 0.2) is 0 Å². The highest BCUT2D eigenvalue weighted by molar-refractivity contribution is 7.15. The van der Waals surface area contributed by atoms with Crippen LogP contribution in [0.3, 0.4) is 0 Å². The van der Waals surface area contributed by atoms with Crippen molar-refractivity contribution in [3.05, 3.63) is 5.01 Å². The number of nitrogens with zero attached hydrogens (tertiary/aromatic N) is 3. The molecule has 0 unspecified atom stereocenters. The average Bonchev–Trinajstić information content (AvgIpc) is 3.12. The van der Waals surface area contributed by atoms with E-state index in [1.165, 1.54) is 11.3 Å². The monoisotopic (exact) mass is 340 g/mol. The molecule has 1 aliphatic rings. The van der Waals surface area contributed by atoms with Gasteiger partial charge >= 0.3 is 0 Å². The second-order valence-corrected chi connectivity index (χ2v) is 6.59. The highest BCUT2D eigenvalue weighted by atomic mass is 32.1. The van der Waals surface area contributed by atoms with Gasteiger partial charge in [0, 0.05) is 32.5 Å². The van der Waals surface area contributed by atoms with Gasteiger partial charge in [0.25, 0.3) is 0 Å². The van der Waals surface area contributed by atoms with Gasteiger partial charge in [0.15, 0.2) is 0 Å². The number of rotatable bonds is 9. The van der Waals surface area contributed by atoms with Crippen molar-refractivity contribution in [1.29, 1.82) is 0 Å². The summed E-state index contributed by atoms with van der Waals surface area (Å²) in [4.78, 5) is 26.0. The van der Waals surface area contributed by atoms with Gasteiger partial charge in [-0.2, -0.15) is 0 Å². The van der Waals surface area contributed by atoms with Crippen LogP contribution < -0.4 is 5.32 Å². The highest BCUT2D eigenvalue weighted by Crippen LogP contribution is 2.22. The molecule has 128 valence electrons. The molecular weight excluding hydrogens is 316 g/mol. The summed E-state index contributed by atoms with van der Waals surface area (Å²) < 4.78 is 5.27. The second kappa shape index (κ2) is 8.93. The van der Waals surface area contributed by atoms with Crippen molar-refractivity contribution in [2.24, 2.45) is 5.92 Å². The molecule has 1 aromatic rings. The third-order valence-corrected chi connectivity index (χ3v) is 4.63. The SMILES string of the molecule is CCCCN1C[C@@H](C(=O)Nc2nnc(CCOCC)s2)CC1=O. The zero-order valence-corrected chi connectivity index (χ0v) is 14.5. The molecule has 0 bridgehead atoms. The maximum atomic E-state index is 12.3. The molecule has 23 heavy (non-hydrogen) atoms. The van der Waals surface area contributed by atoms with Crippen LogP contribution in [0.4, 0.5) is 5.13 Å². The molecule has 0 aromatic carbocycles. The van der Waals surface area contributed by atoms with Crippen molar-refractivity contribution in [2.45, 2.75) is 39.5 Å². The molecule has 7 nitrogen and oxygen atoms in total. The Bertz CT molecular complexity index is 535. The number of amides is 2. The van der Waals surface area contributed by atoms with Crippen molar-refractivity contribution < 1.29 is 14.3 Å². The van der Waals surface area contributed by atoms with E-state index in [2.05, 4.69) is 22.4 Å². The van der Waals surface area contributed by atoms with Gasteiger partial charge in [0.1, 0.15) is 5.01 Å². The van der Waals surface area contributed by atoms with E-state index >= 15 is 0 Å². The molecule has 1 fully saturated rings. The number of anilines is 1. The van der Waals surface area contributed by atoms with Crippen molar-refractivity contribution >= 4 is 28.3 Å². The first-order valence-electron chi connectivity index (χ1n) is 8.12. The molecule has 2 rings (SSSR count). The van der Waals surface area contributed by atoms with Gasteiger partial charge < -0.3 is 15.0 Å². The molecule has 0 saturated carbocycles. The Balaban J connectivity index is 1.81. The molecule has 1 N–H and O–H groups in total. The number of likely N-dealkylation sites (tertiary alicyclic amines) is 1. The largest absolute Gasteiger partial charge is 0.381 e. The number of unbranched alkanes of at least 4 members (excludes halogenated alkanes) is 1. The van der Waals surface area contributed by atoms with Crippen molar-refractivity contribution in [3.63, 3.8) is 0 Å². The minimum atomic E-state index is -0.296. The number of aromatic nitrogens is 2. The summed E-state index contributed by atoms with van der Waals surface area (Å²) in [6, 6.07) is 0. The Morgan fingerprint density at radius 1 is 1.43 bits per heavy atom. The van der Waals surface area contributed by atoms with Crippen molar-refractivity contribution in [1.82, 2.24) is 15.1 Å². The molecule has 2 amide bonds. The lowest BCUT2D eigenvalue weighted by Gasteiger charge is -2.15. The number of hydrogen-bond acceptors (Lipinski definition) is 6. The Kier molecular flexibility index (Phi) is 6.91. The maximum absolute atomic E-state index is 12.3. The average molecular weight is 340 g/mol. The third-order valence-electron chi connectivity index (χ3n) is 3.73. The Hall–Kier alpha value is -1.54. The van der Waals surface area contributed by atoms with E-state index < -0.39 is 0 Å². The molecule has 1 aromatic heterocycles. The van der Waals surface area contributed by atoms with Crippen LogP contribution in [0.1, 0.15) is 38.1 Å². The zero-order chi connectivity index (χ0) is 16.7. The summed E-state index contributed by atoms with van der Waals surface area (Å²) in [6.45, 7) is 6.54. The van der Waals surface area contributed by atoms with E-state index in [9.17, 15) is 9.59 Å². The van der Waals surface area contributed by atoms with Crippen LogP contribution in [0.5, 0.6) is 0 Å². The number of hydrogen-bond donors (Lipinski definition) is 1. The first kappa shape index (κ1) is 17.8. The van der Waals surface area contributed by atoms with E-state index in [4.69, 9.17) is 4.74 Å². The Morgan fingerprint density at radius 2 is 2.26 bits per heavy atom. The second-order valence-electron chi connectivity index (χ2n) is 5.53. The van der Waals surface area contributed by atoms with Gasteiger partial charge in [-0.1, -0.05) is 24.7 Å². The number of nitrogens with one attached hydrogen (secondary N) is 1. The maximum Gasteiger partial charge on any atom is 0.231 e.